The number of ether oxygens (including phenoxy) is 1. The predicted molar refractivity (Wildman–Crippen MR) is 33.0 cm³/mol. The summed E-state index contributed by atoms with van der Waals surface area (Å²) in [5, 5.41) is 0. The van der Waals surface area contributed by atoms with Gasteiger partial charge in [0.1, 0.15) is 0 Å². The Labute approximate surface area is 62.5 Å². The van der Waals surface area contributed by atoms with Crippen molar-refractivity contribution in [1.29, 1.82) is 0 Å². The summed E-state index contributed by atoms with van der Waals surface area (Å²) < 4.78 is 40.6. The average molecular weight is 169 g/mol. The molecule has 0 aromatic carbocycles. The Morgan fingerprint density at radius 3 is 2.45 bits per heavy atom. The third-order valence-corrected chi connectivity index (χ3v) is 1.84. The second-order valence-electron chi connectivity index (χ2n) is 2.62. The van der Waals surface area contributed by atoms with Gasteiger partial charge in [-0.1, -0.05) is 0 Å². The molecular formula is C6H10F3NO. The Bertz CT molecular complexity index is 136. The summed E-state index contributed by atoms with van der Waals surface area (Å²) in [5.74, 6) is -0.546. The molecule has 2 N–H and O–H groups in total. The zero-order valence-corrected chi connectivity index (χ0v) is 5.90. The first-order chi connectivity index (χ1) is 5.05. The highest BCUT2D eigenvalue weighted by Crippen LogP contribution is 2.33. The van der Waals surface area contributed by atoms with Crippen LogP contribution in [0.15, 0.2) is 0 Å². The number of nitrogens with two attached hydrogens (primary N) is 1. The van der Waals surface area contributed by atoms with Crippen LogP contribution in [0.2, 0.25) is 0 Å². The Balaban J connectivity index is 2.57. The minimum Gasteiger partial charge on any atom is -0.368 e. The number of alkyl halides is 3. The first kappa shape index (κ1) is 8.80. The minimum absolute atomic E-state index is 0.0458. The maximum absolute atomic E-state index is 12.0. The van der Waals surface area contributed by atoms with Gasteiger partial charge in [0.2, 0.25) is 0 Å². The molecule has 0 unspecified atom stereocenters. The zero-order valence-electron chi connectivity index (χ0n) is 5.90. The van der Waals surface area contributed by atoms with E-state index in [1.807, 2.05) is 0 Å². The lowest BCUT2D eigenvalue weighted by Crippen LogP contribution is -2.36. The predicted octanol–water partition coefficient (Wildman–Crippen LogP) is 0.912. The normalized spacial score (nSPS) is 32.7. The highest BCUT2D eigenvalue weighted by molar-refractivity contribution is 4.82. The van der Waals surface area contributed by atoms with Crippen molar-refractivity contribution in [2.45, 2.75) is 18.7 Å². The smallest absolute Gasteiger partial charge is 0.368 e. The molecule has 1 saturated heterocycles. The molecule has 66 valence electrons. The fourth-order valence-electron chi connectivity index (χ4n) is 1.24. The molecule has 0 aliphatic carbocycles. The lowest BCUT2D eigenvalue weighted by atomic mass is 10.0. The molecule has 11 heavy (non-hydrogen) atoms. The molecule has 2 atom stereocenters. The second-order valence-corrected chi connectivity index (χ2v) is 2.62. The van der Waals surface area contributed by atoms with Crippen molar-refractivity contribution >= 4 is 0 Å². The van der Waals surface area contributed by atoms with Crippen molar-refractivity contribution in [3.63, 3.8) is 0 Å². The van der Waals surface area contributed by atoms with Gasteiger partial charge in [0, 0.05) is 12.5 Å². The molecule has 0 spiro atoms. The van der Waals surface area contributed by atoms with Gasteiger partial charge in [-0.25, -0.2) is 0 Å². The number of halogens is 3. The van der Waals surface area contributed by atoms with E-state index >= 15 is 0 Å². The van der Waals surface area contributed by atoms with Crippen molar-refractivity contribution in [1.82, 2.24) is 0 Å². The van der Waals surface area contributed by atoms with Crippen LogP contribution >= 0.6 is 0 Å². The molecule has 0 amide bonds. The fourth-order valence-corrected chi connectivity index (χ4v) is 1.24. The van der Waals surface area contributed by atoms with Crippen molar-refractivity contribution < 1.29 is 17.9 Å². The first-order valence-electron chi connectivity index (χ1n) is 3.44. The van der Waals surface area contributed by atoms with Gasteiger partial charge in [-0.3, -0.25) is 0 Å². The molecule has 5 heteroatoms. The Morgan fingerprint density at radius 1 is 1.45 bits per heavy atom. The maximum Gasteiger partial charge on any atom is 0.414 e. The fraction of sp³-hybridized carbons (Fsp3) is 1.00. The van der Waals surface area contributed by atoms with Gasteiger partial charge in [-0.2, -0.15) is 13.2 Å². The summed E-state index contributed by atoms with van der Waals surface area (Å²) in [4.78, 5) is 0. The topological polar surface area (TPSA) is 35.2 Å². The number of rotatable bonds is 1. The monoisotopic (exact) mass is 169 g/mol. The standard InChI is InChI=1S/C6H10F3NO/c7-6(8,9)5-4(3-10)1-2-11-5/h4-5H,1-3,10H2/t4-,5-/m0/s1. The van der Waals surface area contributed by atoms with Crippen LogP contribution in [-0.2, 0) is 4.74 Å². The van der Waals surface area contributed by atoms with Gasteiger partial charge in [-0.05, 0) is 13.0 Å². The maximum atomic E-state index is 12.0. The zero-order chi connectivity index (χ0) is 8.48. The quantitative estimate of drug-likeness (QED) is 0.633. The van der Waals surface area contributed by atoms with Crippen molar-refractivity contribution in [2.75, 3.05) is 13.2 Å². The summed E-state index contributed by atoms with van der Waals surface area (Å²) in [6.07, 6.45) is -5.46. The molecule has 1 aliphatic rings. The summed E-state index contributed by atoms with van der Waals surface area (Å²) >= 11 is 0. The second kappa shape index (κ2) is 2.98. The van der Waals surface area contributed by atoms with Crippen LogP contribution in [-0.4, -0.2) is 25.4 Å². The summed E-state index contributed by atoms with van der Waals surface area (Å²) in [5.41, 5.74) is 5.14. The molecule has 1 aliphatic heterocycles. The van der Waals surface area contributed by atoms with Crippen LogP contribution in [0.1, 0.15) is 6.42 Å². The number of hydrogen-bond acceptors (Lipinski definition) is 2. The van der Waals surface area contributed by atoms with Gasteiger partial charge in [0.05, 0.1) is 0 Å². The van der Waals surface area contributed by atoms with Crippen LogP contribution in [0.5, 0.6) is 0 Å². The van der Waals surface area contributed by atoms with E-state index in [4.69, 9.17) is 5.73 Å². The summed E-state index contributed by atoms with van der Waals surface area (Å²) in [6.45, 7) is 0.218. The number of hydrogen-bond donors (Lipinski definition) is 1. The van der Waals surface area contributed by atoms with Crippen LogP contribution in [0.25, 0.3) is 0 Å². The van der Waals surface area contributed by atoms with E-state index in [0.29, 0.717) is 6.42 Å². The van der Waals surface area contributed by atoms with Crippen LogP contribution < -0.4 is 5.73 Å². The molecule has 1 rings (SSSR count). The van der Waals surface area contributed by atoms with Crippen LogP contribution in [0.4, 0.5) is 13.2 Å². The third kappa shape index (κ3) is 1.84. The highest BCUT2D eigenvalue weighted by atomic mass is 19.4. The van der Waals surface area contributed by atoms with Crippen molar-refractivity contribution in [3.05, 3.63) is 0 Å². The molecule has 1 heterocycles. The van der Waals surface area contributed by atoms with E-state index < -0.39 is 18.2 Å². The molecule has 0 bridgehead atoms. The van der Waals surface area contributed by atoms with Gasteiger partial charge >= 0.3 is 6.18 Å². The highest BCUT2D eigenvalue weighted by Gasteiger charge is 2.47. The molecule has 2 nitrogen and oxygen atoms in total. The van der Waals surface area contributed by atoms with Crippen molar-refractivity contribution in [3.8, 4) is 0 Å². The molecule has 0 aromatic rings. The minimum atomic E-state index is -4.25. The van der Waals surface area contributed by atoms with E-state index in [9.17, 15) is 13.2 Å². The lowest BCUT2D eigenvalue weighted by molar-refractivity contribution is -0.215. The molecule has 0 saturated carbocycles. The van der Waals surface area contributed by atoms with Gasteiger partial charge in [0.25, 0.3) is 0 Å². The molecular weight excluding hydrogens is 159 g/mol. The molecule has 0 radical (unpaired) electrons. The first-order valence-corrected chi connectivity index (χ1v) is 3.44. The Morgan fingerprint density at radius 2 is 2.09 bits per heavy atom. The summed E-state index contributed by atoms with van der Waals surface area (Å²) in [7, 11) is 0. The molecule has 0 aromatic heterocycles. The van der Waals surface area contributed by atoms with Gasteiger partial charge in [-0.15, -0.1) is 0 Å². The van der Waals surface area contributed by atoms with Gasteiger partial charge < -0.3 is 10.5 Å². The van der Waals surface area contributed by atoms with Crippen molar-refractivity contribution in [2.24, 2.45) is 11.7 Å². The molecule has 1 fully saturated rings. The van der Waals surface area contributed by atoms with E-state index in [-0.39, 0.29) is 13.2 Å². The average Bonchev–Trinajstić information content (AvgIpc) is 2.31. The van der Waals surface area contributed by atoms with Crippen LogP contribution in [0, 0.1) is 5.92 Å². The third-order valence-electron chi connectivity index (χ3n) is 1.84. The SMILES string of the molecule is NC[C@@H]1CCO[C@@H]1C(F)(F)F. The van der Waals surface area contributed by atoms with E-state index in [0.717, 1.165) is 0 Å². The Kier molecular flexibility index (Phi) is 2.39. The lowest BCUT2D eigenvalue weighted by Gasteiger charge is -2.19. The Hall–Kier alpha value is -0.290. The van der Waals surface area contributed by atoms with Gasteiger partial charge in [0.15, 0.2) is 6.10 Å². The van der Waals surface area contributed by atoms with Crippen LogP contribution in [0.3, 0.4) is 0 Å². The van der Waals surface area contributed by atoms with E-state index in [2.05, 4.69) is 4.74 Å². The largest absolute Gasteiger partial charge is 0.414 e. The summed E-state index contributed by atoms with van der Waals surface area (Å²) in [6, 6.07) is 0. The van der Waals surface area contributed by atoms with E-state index in [1.165, 1.54) is 0 Å². The van der Waals surface area contributed by atoms with E-state index in [1.54, 1.807) is 0 Å².